The van der Waals surface area contributed by atoms with Crippen molar-refractivity contribution < 1.29 is 9.90 Å². The molecule has 6 heteroatoms. The highest BCUT2D eigenvalue weighted by molar-refractivity contribution is 7.19. The summed E-state index contributed by atoms with van der Waals surface area (Å²) in [6, 6.07) is 16.0. The molecule has 0 bridgehead atoms. The predicted octanol–water partition coefficient (Wildman–Crippen LogP) is 5.02. The molecule has 2 aromatic heterocycles. The molecule has 5 nitrogen and oxygen atoms in total. The quantitative estimate of drug-likeness (QED) is 0.520. The fourth-order valence-corrected chi connectivity index (χ4v) is 4.08. The number of rotatable bonds is 5. The van der Waals surface area contributed by atoms with Gasteiger partial charge in [-0.1, -0.05) is 42.0 Å². The minimum Gasteiger partial charge on any atom is -0.481 e. The molecule has 0 unspecified atom stereocenters. The third kappa shape index (κ3) is 3.73. The lowest BCUT2D eigenvalue weighted by atomic mass is 10.0. The number of benzene rings is 2. The van der Waals surface area contributed by atoms with E-state index in [9.17, 15) is 9.90 Å². The van der Waals surface area contributed by atoms with E-state index in [-0.39, 0.29) is 6.42 Å². The minimum atomic E-state index is -0.883. The molecule has 0 atom stereocenters. The van der Waals surface area contributed by atoms with Crippen molar-refractivity contribution in [3.63, 3.8) is 0 Å². The number of para-hydroxylation sites is 1. The number of fused-ring (bicyclic) bond motifs is 1. The molecule has 0 fully saturated rings. The zero-order valence-electron chi connectivity index (χ0n) is 15.6. The number of hydrogen-bond acceptors (Lipinski definition) is 4. The van der Waals surface area contributed by atoms with E-state index in [4.69, 9.17) is 0 Å². The van der Waals surface area contributed by atoms with Crippen LogP contribution in [0, 0.1) is 6.92 Å². The van der Waals surface area contributed by atoms with Gasteiger partial charge in [0.1, 0.15) is 5.01 Å². The second-order valence-electron chi connectivity index (χ2n) is 6.70. The molecular formula is C22H19N3O2S. The van der Waals surface area contributed by atoms with Crippen molar-refractivity contribution in [3.05, 3.63) is 70.9 Å². The van der Waals surface area contributed by atoms with Crippen molar-refractivity contribution in [2.24, 2.45) is 7.05 Å². The fraction of sp³-hybridized carbons (Fsp3) is 0.136. The number of carbonyl (C=O) groups is 1. The molecule has 4 aromatic rings. The molecule has 0 aliphatic carbocycles. The van der Waals surface area contributed by atoms with Gasteiger partial charge in [-0.3, -0.25) is 9.48 Å². The van der Waals surface area contributed by atoms with Gasteiger partial charge in [-0.25, -0.2) is 4.98 Å². The number of nitrogens with zero attached hydrogens (tertiary/aromatic N) is 3. The Morgan fingerprint density at radius 2 is 1.93 bits per heavy atom. The Hall–Kier alpha value is -3.25. The summed E-state index contributed by atoms with van der Waals surface area (Å²) < 4.78 is 2.79. The van der Waals surface area contributed by atoms with Gasteiger partial charge in [0.25, 0.3) is 0 Å². The van der Waals surface area contributed by atoms with Gasteiger partial charge < -0.3 is 5.11 Å². The van der Waals surface area contributed by atoms with E-state index in [0.29, 0.717) is 5.57 Å². The van der Waals surface area contributed by atoms with Crippen LogP contribution in [0.3, 0.4) is 0 Å². The number of hydrogen-bond donors (Lipinski definition) is 1. The van der Waals surface area contributed by atoms with E-state index in [1.165, 1.54) is 16.9 Å². The van der Waals surface area contributed by atoms with Crippen molar-refractivity contribution in [1.29, 1.82) is 0 Å². The van der Waals surface area contributed by atoms with E-state index in [1.54, 1.807) is 4.68 Å². The molecule has 28 heavy (non-hydrogen) atoms. The Morgan fingerprint density at radius 1 is 1.18 bits per heavy atom. The molecule has 140 valence electrons. The zero-order valence-corrected chi connectivity index (χ0v) is 16.4. The minimum absolute atomic E-state index is 0.0952. The highest BCUT2D eigenvalue weighted by atomic mass is 32.1. The van der Waals surface area contributed by atoms with Crippen LogP contribution in [0.1, 0.15) is 22.6 Å². The summed E-state index contributed by atoms with van der Waals surface area (Å²) in [5.41, 5.74) is 5.43. The maximum atomic E-state index is 11.5. The third-order valence-corrected chi connectivity index (χ3v) is 5.53. The fourth-order valence-electron chi connectivity index (χ4n) is 3.10. The molecule has 0 spiro atoms. The Labute approximate surface area is 166 Å². The lowest BCUT2D eigenvalue weighted by molar-refractivity contribution is -0.135. The normalized spacial score (nSPS) is 11.9. The van der Waals surface area contributed by atoms with Crippen LogP contribution in [0.2, 0.25) is 0 Å². The van der Waals surface area contributed by atoms with Crippen LogP contribution >= 0.6 is 11.3 Å². The van der Waals surface area contributed by atoms with Gasteiger partial charge in [0.15, 0.2) is 0 Å². The van der Waals surface area contributed by atoms with Gasteiger partial charge in [-0.05, 0) is 30.7 Å². The first kappa shape index (κ1) is 18.1. The molecular weight excluding hydrogens is 370 g/mol. The van der Waals surface area contributed by atoms with Gasteiger partial charge in [-0.2, -0.15) is 5.10 Å². The molecule has 1 N–H and O–H groups in total. The highest BCUT2D eigenvalue weighted by Crippen LogP contribution is 2.32. The van der Waals surface area contributed by atoms with Gasteiger partial charge in [-0.15, -0.1) is 11.3 Å². The van der Waals surface area contributed by atoms with E-state index in [0.717, 1.165) is 32.0 Å². The molecule has 0 aliphatic rings. The first-order chi connectivity index (χ1) is 13.5. The monoisotopic (exact) mass is 389 g/mol. The van der Waals surface area contributed by atoms with E-state index in [2.05, 4.69) is 10.1 Å². The van der Waals surface area contributed by atoms with Crippen LogP contribution in [0.4, 0.5) is 0 Å². The van der Waals surface area contributed by atoms with Crippen LogP contribution in [-0.4, -0.2) is 25.8 Å². The molecule has 0 saturated heterocycles. The number of aromatic nitrogens is 3. The molecule has 0 amide bonds. The van der Waals surface area contributed by atoms with Crippen molar-refractivity contribution >= 4 is 39.2 Å². The van der Waals surface area contributed by atoms with E-state index >= 15 is 0 Å². The van der Waals surface area contributed by atoms with Crippen LogP contribution in [0.15, 0.2) is 54.7 Å². The number of carboxylic acid groups (broad SMARTS) is 1. The van der Waals surface area contributed by atoms with Crippen molar-refractivity contribution in [2.45, 2.75) is 13.3 Å². The van der Waals surface area contributed by atoms with Gasteiger partial charge in [0.05, 0.1) is 22.3 Å². The first-order valence-electron chi connectivity index (χ1n) is 8.88. The average Bonchev–Trinajstić information content (AvgIpc) is 3.25. The van der Waals surface area contributed by atoms with Crippen molar-refractivity contribution in [3.8, 4) is 11.3 Å². The standard InChI is InChI=1S/C22H19N3O2S/c1-14-7-9-15(10-8-14)21-17(13-25(2)24-21)11-16(12-20(26)27)22-23-18-5-3-4-6-19(18)28-22/h3-11,13H,12H2,1-2H3,(H,26,27)/b16-11+. The van der Waals surface area contributed by atoms with Gasteiger partial charge in [0, 0.05) is 24.4 Å². The summed E-state index contributed by atoms with van der Waals surface area (Å²) in [4.78, 5) is 16.1. The smallest absolute Gasteiger partial charge is 0.307 e. The third-order valence-electron chi connectivity index (χ3n) is 4.42. The second-order valence-corrected chi connectivity index (χ2v) is 7.73. The maximum Gasteiger partial charge on any atom is 0.307 e. The molecule has 0 aliphatic heterocycles. The molecule has 0 radical (unpaired) electrons. The van der Waals surface area contributed by atoms with Crippen LogP contribution < -0.4 is 0 Å². The molecule has 2 aromatic carbocycles. The van der Waals surface area contributed by atoms with Crippen LogP contribution in [0.25, 0.3) is 33.1 Å². The number of carboxylic acids is 1. The van der Waals surface area contributed by atoms with E-state index < -0.39 is 5.97 Å². The number of aryl methyl sites for hydroxylation is 2. The SMILES string of the molecule is Cc1ccc(-c2nn(C)cc2/C=C(\CC(=O)O)c2nc3ccccc3s2)cc1. The lowest BCUT2D eigenvalue weighted by Crippen LogP contribution is -1.97. The topological polar surface area (TPSA) is 68.0 Å². The summed E-state index contributed by atoms with van der Waals surface area (Å²) in [6.07, 6.45) is 3.71. The molecule has 2 heterocycles. The molecule has 4 rings (SSSR count). The summed E-state index contributed by atoms with van der Waals surface area (Å²) in [5, 5.41) is 14.7. The summed E-state index contributed by atoms with van der Waals surface area (Å²) in [7, 11) is 1.86. The first-order valence-corrected chi connectivity index (χ1v) is 9.70. The Kier molecular flexibility index (Phi) is 4.79. The zero-order chi connectivity index (χ0) is 19.7. The average molecular weight is 389 g/mol. The summed E-state index contributed by atoms with van der Waals surface area (Å²) in [5.74, 6) is -0.883. The highest BCUT2D eigenvalue weighted by Gasteiger charge is 2.15. The Balaban J connectivity index is 1.83. The van der Waals surface area contributed by atoms with Crippen molar-refractivity contribution in [1.82, 2.24) is 14.8 Å². The Bertz CT molecular complexity index is 1150. The Morgan fingerprint density at radius 3 is 2.64 bits per heavy atom. The number of aliphatic carboxylic acids is 1. The van der Waals surface area contributed by atoms with Crippen LogP contribution in [0.5, 0.6) is 0 Å². The lowest BCUT2D eigenvalue weighted by Gasteiger charge is -2.03. The summed E-state index contributed by atoms with van der Waals surface area (Å²) in [6.45, 7) is 2.04. The van der Waals surface area contributed by atoms with Gasteiger partial charge in [0.2, 0.25) is 0 Å². The molecule has 0 saturated carbocycles. The predicted molar refractivity (Wildman–Crippen MR) is 113 cm³/mol. The second kappa shape index (κ2) is 7.40. The largest absolute Gasteiger partial charge is 0.481 e. The van der Waals surface area contributed by atoms with Crippen LogP contribution in [-0.2, 0) is 11.8 Å². The van der Waals surface area contributed by atoms with E-state index in [1.807, 2.05) is 74.8 Å². The summed E-state index contributed by atoms with van der Waals surface area (Å²) >= 11 is 1.51. The maximum absolute atomic E-state index is 11.5. The number of thiazole rings is 1. The van der Waals surface area contributed by atoms with Gasteiger partial charge >= 0.3 is 5.97 Å². The van der Waals surface area contributed by atoms with Crippen molar-refractivity contribution in [2.75, 3.05) is 0 Å².